The second-order valence-electron chi connectivity index (χ2n) is 6.32. The molecule has 3 aromatic rings. The molecule has 0 aliphatic carbocycles. The lowest BCUT2D eigenvalue weighted by molar-refractivity contribution is -0.123. The summed E-state index contributed by atoms with van der Waals surface area (Å²) in [7, 11) is 3.04. The van der Waals surface area contributed by atoms with Crippen molar-refractivity contribution in [3.63, 3.8) is 0 Å². The van der Waals surface area contributed by atoms with E-state index in [1.165, 1.54) is 39.3 Å². The summed E-state index contributed by atoms with van der Waals surface area (Å²) in [4.78, 5) is 27.8. The van der Waals surface area contributed by atoms with Crippen molar-refractivity contribution in [2.45, 2.75) is 13.0 Å². The largest absolute Gasteiger partial charge is 0.497 e. The summed E-state index contributed by atoms with van der Waals surface area (Å²) >= 11 is 5.96. The molecule has 9 heteroatoms. The molecule has 1 unspecified atom stereocenters. The molecule has 30 heavy (non-hydrogen) atoms. The molecule has 1 amide bonds. The van der Waals surface area contributed by atoms with Crippen molar-refractivity contribution in [1.29, 1.82) is 5.26 Å². The number of rotatable bonds is 6. The summed E-state index contributed by atoms with van der Waals surface area (Å²) < 4.78 is 15.8. The van der Waals surface area contributed by atoms with E-state index in [1.807, 2.05) is 6.07 Å². The number of methoxy groups -OCH3 is 2. The van der Waals surface area contributed by atoms with E-state index in [0.717, 1.165) is 0 Å². The first-order valence-electron chi connectivity index (χ1n) is 8.82. The number of fused-ring (bicyclic) bond motifs is 1. The smallest absolute Gasteiger partial charge is 0.355 e. The topological polar surface area (TPSA) is 113 Å². The number of ether oxygens (including phenoxy) is 3. The van der Waals surface area contributed by atoms with E-state index in [-0.39, 0.29) is 10.7 Å². The molecule has 0 spiro atoms. The van der Waals surface area contributed by atoms with Gasteiger partial charge >= 0.3 is 5.97 Å². The molecule has 1 aromatic heterocycles. The van der Waals surface area contributed by atoms with Gasteiger partial charge in [-0.05, 0) is 37.3 Å². The standard InChI is InChI=1S/C21H18ClN3O5/c1-11(20(26)24-14-5-4-12(10-23)16(22)8-14)30-21(27)17-7-13-6-15(28-2)9-18(29-3)19(13)25-17/h4-9,11,25H,1-3H3,(H,24,26). The Bertz CT molecular complexity index is 1170. The second kappa shape index (κ2) is 8.76. The minimum atomic E-state index is -1.07. The quantitative estimate of drug-likeness (QED) is 0.577. The van der Waals surface area contributed by atoms with Crippen molar-refractivity contribution >= 4 is 40.1 Å². The third-order valence-electron chi connectivity index (χ3n) is 4.35. The highest BCUT2D eigenvalue weighted by atomic mass is 35.5. The van der Waals surface area contributed by atoms with Gasteiger partial charge in [0.2, 0.25) is 0 Å². The molecule has 0 saturated heterocycles. The van der Waals surface area contributed by atoms with E-state index in [0.29, 0.717) is 33.7 Å². The van der Waals surface area contributed by atoms with E-state index in [4.69, 9.17) is 31.1 Å². The van der Waals surface area contributed by atoms with Gasteiger partial charge in [-0.15, -0.1) is 0 Å². The fourth-order valence-electron chi connectivity index (χ4n) is 2.78. The molecule has 1 atom stereocenters. The van der Waals surface area contributed by atoms with Gasteiger partial charge in [-0.25, -0.2) is 4.79 Å². The predicted molar refractivity (Wildman–Crippen MR) is 111 cm³/mol. The Morgan fingerprint density at radius 1 is 1.17 bits per heavy atom. The Balaban J connectivity index is 1.72. The summed E-state index contributed by atoms with van der Waals surface area (Å²) in [5, 5.41) is 12.4. The van der Waals surface area contributed by atoms with Crippen molar-refractivity contribution in [3.05, 3.63) is 52.7 Å². The third kappa shape index (κ3) is 4.31. The van der Waals surface area contributed by atoms with Crippen molar-refractivity contribution in [3.8, 4) is 17.6 Å². The molecular formula is C21H18ClN3O5. The van der Waals surface area contributed by atoms with Crippen LogP contribution in [0.15, 0.2) is 36.4 Å². The number of hydrogen-bond acceptors (Lipinski definition) is 6. The van der Waals surface area contributed by atoms with Crippen LogP contribution in [-0.2, 0) is 9.53 Å². The molecule has 2 aromatic carbocycles. The summed E-state index contributed by atoms with van der Waals surface area (Å²) in [5.74, 6) is -0.161. The Morgan fingerprint density at radius 3 is 2.57 bits per heavy atom. The number of nitrogens with zero attached hydrogens (tertiary/aromatic N) is 1. The van der Waals surface area contributed by atoms with Crippen LogP contribution in [0.1, 0.15) is 23.0 Å². The van der Waals surface area contributed by atoms with Crippen molar-refractivity contribution in [2.24, 2.45) is 0 Å². The normalized spacial score (nSPS) is 11.4. The Hall–Kier alpha value is -3.70. The van der Waals surface area contributed by atoms with Crippen LogP contribution in [0.4, 0.5) is 5.69 Å². The molecule has 0 aliphatic heterocycles. The number of H-pyrrole nitrogens is 1. The molecule has 2 N–H and O–H groups in total. The number of carbonyl (C=O) groups excluding carboxylic acids is 2. The summed E-state index contributed by atoms with van der Waals surface area (Å²) in [6.45, 7) is 1.45. The van der Waals surface area contributed by atoms with E-state index in [2.05, 4.69) is 10.3 Å². The minimum Gasteiger partial charge on any atom is -0.497 e. The molecule has 3 rings (SSSR count). The molecule has 0 radical (unpaired) electrons. The summed E-state index contributed by atoms with van der Waals surface area (Å²) in [5.41, 5.74) is 1.45. The molecule has 0 fully saturated rings. The first-order valence-corrected chi connectivity index (χ1v) is 9.20. The van der Waals surface area contributed by atoms with Gasteiger partial charge < -0.3 is 24.5 Å². The lowest BCUT2D eigenvalue weighted by Crippen LogP contribution is -2.30. The zero-order chi connectivity index (χ0) is 21.8. The number of anilines is 1. The van der Waals surface area contributed by atoms with Gasteiger partial charge in [-0.1, -0.05) is 11.6 Å². The van der Waals surface area contributed by atoms with E-state index in [1.54, 1.807) is 18.2 Å². The number of benzene rings is 2. The highest BCUT2D eigenvalue weighted by molar-refractivity contribution is 6.32. The Morgan fingerprint density at radius 2 is 1.93 bits per heavy atom. The van der Waals surface area contributed by atoms with Crippen LogP contribution in [-0.4, -0.2) is 37.2 Å². The van der Waals surface area contributed by atoms with Gasteiger partial charge in [0.05, 0.1) is 30.3 Å². The highest BCUT2D eigenvalue weighted by Gasteiger charge is 2.21. The molecule has 8 nitrogen and oxygen atoms in total. The van der Waals surface area contributed by atoms with Gasteiger partial charge in [-0.3, -0.25) is 4.79 Å². The molecule has 1 heterocycles. The molecular weight excluding hydrogens is 410 g/mol. The lowest BCUT2D eigenvalue weighted by atomic mass is 10.2. The van der Waals surface area contributed by atoms with Crippen molar-refractivity contribution in [1.82, 2.24) is 4.98 Å². The fraction of sp³-hybridized carbons (Fsp3) is 0.190. The number of nitrogens with one attached hydrogen (secondary N) is 2. The maximum absolute atomic E-state index is 12.5. The van der Waals surface area contributed by atoms with Crippen LogP contribution in [0.2, 0.25) is 5.02 Å². The van der Waals surface area contributed by atoms with E-state index < -0.39 is 18.0 Å². The van der Waals surface area contributed by atoms with Gasteiger partial charge in [0, 0.05) is 17.1 Å². The van der Waals surface area contributed by atoms with Gasteiger partial charge in [-0.2, -0.15) is 5.26 Å². The number of aromatic nitrogens is 1. The van der Waals surface area contributed by atoms with Crippen LogP contribution >= 0.6 is 11.6 Å². The Labute approximate surface area is 177 Å². The maximum atomic E-state index is 12.5. The Kier molecular flexibility index (Phi) is 6.14. The molecule has 0 bridgehead atoms. The monoisotopic (exact) mass is 427 g/mol. The van der Waals surface area contributed by atoms with Crippen molar-refractivity contribution < 1.29 is 23.8 Å². The summed E-state index contributed by atoms with van der Waals surface area (Å²) in [6.07, 6.45) is -1.07. The maximum Gasteiger partial charge on any atom is 0.355 e. The van der Waals surface area contributed by atoms with Crippen LogP contribution in [0.25, 0.3) is 10.9 Å². The predicted octanol–water partition coefficient (Wildman–Crippen LogP) is 3.89. The minimum absolute atomic E-state index is 0.164. The molecule has 154 valence electrons. The first-order chi connectivity index (χ1) is 14.4. The lowest BCUT2D eigenvalue weighted by Gasteiger charge is -2.13. The van der Waals surface area contributed by atoms with Gasteiger partial charge in [0.1, 0.15) is 23.3 Å². The highest BCUT2D eigenvalue weighted by Crippen LogP contribution is 2.31. The molecule has 0 aliphatic rings. The number of amides is 1. The fourth-order valence-corrected chi connectivity index (χ4v) is 3.00. The molecule has 0 saturated carbocycles. The van der Waals surface area contributed by atoms with Crippen LogP contribution in [0.5, 0.6) is 11.5 Å². The van der Waals surface area contributed by atoms with Crippen LogP contribution < -0.4 is 14.8 Å². The average molecular weight is 428 g/mol. The number of esters is 1. The zero-order valence-corrected chi connectivity index (χ0v) is 17.2. The van der Waals surface area contributed by atoms with Crippen LogP contribution in [0.3, 0.4) is 0 Å². The number of aromatic amines is 1. The summed E-state index contributed by atoms with van der Waals surface area (Å²) in [6, 6.07) is 11.4. The van der Waals surface area contributed by atoms with E-state index >= 15 is 0 Å². The zero-order valence-electron chi connectivity index (χ0n) is 16.4. The third-order valence-corrected chi connectivity index (χ3v) is 4.66. The number of nitriles is 1. The number of hydrogen-bond donors (Lipinski definition) is 2. The first kappa shape index (κ1) is 21.0. The SMILES string of the molecule is COc1cc(OC)c2[nH]c(C(=O)OC(C)C(=O)Nc3ccc(C#N)c(Cl)c3)cc2c1. The van der Waals surface area contributed by atoms with Gasteiger partial charge in [0.15, 0.2) is 6.10 Å². The second-order valence-corrected chi connectivity index (χ2v) is 6.73. The van der Waals surface area contributed by atoms with Gasteiger partial charge in [0.25, 0.3) is 5.91 Å². The average Bonchev–Trinajstić information content (AvgIpc) is 3.17. The number of halogens is 1. The number of carbonyl (C=O) groups is 2. The van der Waals surface area contributed by atoms with E-state index in [9.17, 15) is 9.59 Å². The van der Waals surface area contributed by atoms with Crippen LogP contribution in [0, 0.1) is 11.3 Å². The van der Waals surface area contributed by atoms with Crippen molar-refractivity contribution in [2.75, 3.05) is 19.5 Å².